The van der Waals surface area contributed by atoms with Crippen molar-refractivity contribution in [2.45, 2.75) is 0 Å². The molecule has 5 aromatic heterocycles. The fraction of sp³-hybridized carbons (Fsp3) is 0. The maximum atomic E-state index is 13.2. The van der Waals surface area contributed by atoms with E-state index in [-0.39, 0.29) is 0 Å². The summed E-state index contributed by atoms with van der Waals surface area (Å²) in [5.74, 6) is 0.792. The Kier molecular flexibility index (Phi) is 11.6. The summed E-state index contributed by atoms with van der Waals surface area (Å²) in [7, 11) is 0. The maximum absolute atomic E-state index is 13.2. The summed E-state index contributed by atoms with van der Waals surface area (Å²) in [5, 5.41) is 21.9. The molecule has 0 aliphatic rings. The molecule has 0 saturated carbocycles. The molecule has 0 N–H and O–H groups in total. The van der Waals surface area contributed by atoms with E-state index in [4.69, 9.17) is 0 Å². The smallest absolute Gasteiger partial charge is 0.306 e. The highest BCUT2D eigenvalue weighted by atomic mass is 15.5. The zero-order valence-corrected chi connectivity index (χ0v) is 48.8. The lowest BCUT2D eigenvalue weighted by Crippen LogP contribution is -2.50. The minimum absolute atomic E-state index is 0.436. The highest BCUT2D eigenvalue weighted by Gasteiger charge is 2.40. The number of aromatic nitrogens is 5. The van der Waals surface area contributed by atoms with Crippen molar-refractivity contribution in [3.8, 4) is 78.9 Å². The molecule has 6 heteroatoms. The Morgan fingerprint density at radius 1 is 0.233 bits per heavy atom. The van der Waals surface area contributed by atoms with Gasteiger partial charge in [-0.25, -0.2) is 0 Å². The standard InChI is InChI=1S/C84H53N6/c85-54-80-82(86-72-38-20-16-34-64(72)65-35-17-21-39-73(65)86)83(87-74-46-42-60(55-24-6-1-7-25-55)50-68(74)69-51-61(43-47-75(69)87)56-26-8-2-9-27-56)81(59-32-14-5-15-33-59)84(90(80)89-78-40-22-18-36-66(78)67-37-19-23-41-79(67)89)88-76-48-44-62(57-28-10-3-11-29-57)52-70(76)71-53-63(45-49-77(71)88)58-30-12-4-13-31-58/h1-53H/q+1. The molecule has 6 nitrogen and oxygen atoms in total. The fourth-order valence-electron chi connectivity index (χ4n) is 14.5. The van der Waals surface area contributed by atoms with Crippen molar-refractivity contribution in [3.63, 3.8) is 0 Å². The molecule has 0 saturated heterocycles. The topological polar surface area (TPSA) is 47.4 Å². The molecule has 0 fully saturated rings. The van der Waals surface area contributed by atoms with Crippen molar-refractivity contribution in [2.75, 3.05) is 0 Å². The summed E-state index contributed by atoms with van der Waals surface area (Å²) in [6, 6.07) is 119. The van der Waals surface area contributed by atoms with Gasteiger partial charge in [-0.1, -0.05) is 249 Å². The predicted molar refractivity (Wildman–Crippen MR) is 372 cm³/mol. The van der Waals surface area contributed by atoms with E-state index in [1.54, 1.807) is 0 Å². The first-order chi connectivity index (χ1) is 44.7. The molecule has 18 aromatic rings. The fourth-order valence-corrected chi connectivity index (χ4v) is 14.5. The van der Waals surface area contributed by atoms with E-state index in [9.17, 15) is 5.26 Å². The van der Waals surface area contributed by atoms with Crippen molar-refractivity contribution in [1.82, 2.24) is 18.4 Å². The Bertz CT molecular complexity index is 5310. The van der Waals surface area contributed by atoms with Gasteiger partial charge in [0.2, 0.25) is 0 Å². The molecule has 0 aliphatic carbocycles. The molecule has 90 heavy (non-hydrogen) atoms. The van der Waals surface area contributed by atoms with E-state index in [1.165, 1.54) is 0 Å². The molecule has 5 heterocycles. The van der Waals surface area contributed by atoms with Crippen molar-refractivity contribution >= 4 is 87.2 Å². The number of pyridine rings is 1. The van der Waals surface area contributed by atoms with Gasteiger partial charge in [0.1, 0.15) is 28.4 Å². The molecule has 418 valence electrons. The van der Waals surface area contributed by atoms with Crippen LogP contribution < -0.4 is 4.68 Å². The monoisotopic (exact) mass is 1150 g/mol. The van der Waals surface area contributed by atoms with Gasteiger partial charge in [0.25, 0.3) is 5.69 Å². The molecule has 0 atom stereocenters. The van der Waals surface area contributed by atoms with Crippen LogP contribution in [0.15, 0.2) is 322 Å². The normalized spacial score (nSPS) is 11.8. The van der Waals surface area contributed by atoms with Crippen molar-refractivity contribution in [1.29, 1.82) is 5.26 Å². The summed E-state index contributed by atoms with van der Waals surface area (Å²) in [6.07, 6.45) is 0. The van der Waals surface area contributed by atoms with Crippen LogP contribution in [0.1, 0.15) is 5.69 Å². The van der Waals surface area contributed by atoms with E-state index < -0.39 is 0 Å². The van der Waals surface area contributed by atoms with Crippen LogP contribution in [0.5, 0.6) is 0 Å². The highest BCUT2D eigenvalue weighted by Crippen LogP contribution is 2.48. The van der Waals surface area contributed by atoms with Gasteiger partial charge < -0.3 is 9.13 Å². The Morgan fingerprint density at radius 3 is 0.867 bits per heavy atom. The maximum Gasteiger partial charge on any atom is 0.322 e. The molecule has 0 radical (unpaired) electrons. The van der Waals surface area contributed by atoms with Gasteiger partial charge in [-0.15, -0.1) is 4.68 Å². The van der Waals surface area contributed by atoms with Crippen LogP contribution in [-0.2, 0) is 0 Å². The molecule has 13 aromatic carbocycles. The van der Waals surface area contributed by atoms with Crippen LogP contribution in [-0.4, -0.2) is 18.4 Å². The Labute approximate surface area is 518 Å². The first-order valence-electron chi connectivity index (χ1n) is 30.6. The Morgan fingerprint density at radius 2 is 0.511 bits per heavy atom. The Hall–Kier alpha value is -12.3. The minimum Gasteiger partial charge on any atom is -0.306 e. The molecule has 0 amide bonds. The van der Waals surface area contributed by atoms with E-state index in [1.807, 2.05) is 0 Å². The van der Waals surface area contributed by atoms with E-state index in [0.717, 1.165) is 160 Å². The SMILES string of the molecule is N#Cc1c(-n2c3ccccc3c3ccccc32)c(-n2c3ccc(-c4ccccc4)cc3c3cc(-c4ccccc4)ccc32)c(-c2ccccc2)c(-n2c3ccc(-c4ccccc4)cc3c3cc(-c4ccccc4)ccc32)[n+]1-n1c2ccccc2c2ccccc21. The average molecular weight is 1150 g/mol. The number of hydrogen-bond donors (Lipinski definition) is 0. The summed E-state index contributed by atoms with van der Waals surface area (Å²) in [4.78, 5) is 0. The number of rotatable bonds is 9. The van der Waals surface area contributed by atoms with E-state index >= 15 is 0 Å². The van der Waals surface area contributed by atoms with Gasteiger partial charge in [-0.3, -0.25) is 0 Å². The number of para-hydroxylation sites is 4. The third-order valence-corrected chi connectivity index (χ3v) is 18.4. The molecule has 0 spiro atoms. The second kappa shape index (κ2) is 20.4. The van der Waals surface area contributed by atoms with Crippen LogP contribution >= 0.6 is 0 Å². The van der Waals surface area contributed by atoms with Crippen LogP contribution in [0.3, 0.4) is 0 Å². The molecular formula is C84H53N6+. The molecule has 0 unspecified atom stereocenters. The van der Waals surface area contributed by atoms with Gasteiger partial charge in [0.05, 0.1) is 38.8 Å². The van der Waals surface area contributed by atoms with Gasteiger partial charge in [-0.2, -0.15) is 14.5 Å². The van der Waals surface area contributed by atoms with Crippen LogP contribution in [0, 0.1) is 11.3 Å². The predicted octanol–water partition coefficient (Wildman–Crippen LogP) is 20.9. The summed E-state index contributed by atoms with van der Waals surface area (Å²) >= 11 is 0. The first kappa shape index (κ1) is 51.0. The third-order valence-electron chi connectivity index (χ3n) is 18.4. The number of nitriles is 1. The van der Waals surface area contributed by atoms with Gasteiger partial charge >= 0.3 is 5.82 Å². The lowest BCUT2D eigenvalue weighted by molar-refractivity contribution is -0.716. The summed E-state index contributed by atoms with van der Waals surface area (Å²) < 4.78 is 11.9. The first-order valence-corrected chi connectivity index (χ1v) is 30.6. The summed E-state index contributed by atoms with van der Waals surface area (Å²) in [6.45, 7) is 0. The lowest BCUT2D eigenvalue weighted by atomic mass is 10.00. The second-order valence-electron chi connectivity index (χ2n) is 23.3. The zero-order chi connectivity index (χ0) is 59.4. The molecule has 0 aliphatic heterocycles. The number of benzene rings is 13. The van der Waals surface area contributed by atoms with Crippen LogP contribution in [0.25, 0.3) is 160 Å². The quantitative estimate of drug-likeness (QED) is 0.133. The van der Waals surface area contributed by atoms with Crippen molar-refractivity contribution < 1.29 is 4.68 Å². The minimum atomic E-state index is 0.436. The van der Waals surface area contributed by atoms with Gasteiger partial charge in [-0.05, 0) is 123 Å². The molecular weight excluding hydrogens is 1090 g/mol. The van der Waals surface area contributed by atoms with Crippen molar-refractivity contribution in [3.05, 3.63) is 327 Å². The number of fused-ring (bicyclic) bond motifs is 12. The Balaban J connectivity index is 1.12. The molecule has 0 bridgehead atoms. The van der Waals surface area contributed by atoms with Gasteiger partial charge in [0, 0.05) is 43.1 Å². The largest absolute Gasteiger partial charge is 0.322 e. The second-order valence-corrected chi connectivity index (χ2v) is 23.3. The van der Waals surface area contributed by atoms with E-state index in [0.29, 0.717) is 5.69 Å². The highest BCUT2D eigenvalue weighted by molar-refractivity contribution is 6.16. The zero-order valence-electron chi connectivity index (χ0n) is 48.8. The average Bonchev–Trinajstić information content (AvgIpc) is 1.47. The van der Waals surface area contributed by atoms with E-state index in [2.05, 4.69) is 351 Å². The number of hydrogen-bond acceptors (Lipinski definition) is 1. The van der Waals surface area contributed by atoms with Gasteiger partial charge in [0.15, 0.2) is 0 Å². The molecule has 18 rings (SSSR count). The van der Waals surface area contributed by atoms with Crippen molar-refractivity contribution in [2.24, 2.45) is 0 Å². The van der Waals surface area contributed by atoms with Crippen LogP contribution in [0.4, 0.5) is 0 Å². The summed E-state index contributed by atoms with van der Waals surface area (Å²) in [5.41, 5.74) is 20.8. The number of nitrogens with zero attached hydrogens (tertiary/aromatic N) is 6. The lowest BCUT2D eigenvalue weighted by Gasteiger charge is -2.25. The van der Waals surface area contributed by atoms with Crippen LogP contribution in [0.2, 0.25) is 0 Å². The third kappa shape index (κ3) is 7.73.